The second-order valence-corrected chi connectivity index (χ2v) is 10.1. The van der Waals surface area contributed by atoms with Crippen LogP contribution < -0.4 is 20.7 Å². The summed E-state index contributed by atoms with van der Waals surface area (Å²) >= 11 is 0. The van der Waals surface area contributed by atoms with Crippen LogP contribution in [0.2, 0.25) is 0 Å². The van der Waals surface area contributed by atoms with Crippen LogP contribution in [0.25, 0.3) is 0 Å². The zero-order chi connectivity index (χ0) is 28.2. The van der Waals surface area contributed by atoms with Crippen molar-refractivity contribution < 1.29 is 29.0 Å². The molecule has 0 spiro atoms. The number of carbonyl (C=O) groups excluding carboxylic acids is 4. The molecule has 2 aromatic rings. The van der Waals surface area contributed by atoms with E-state index in [0.717, 1.165) is 11.1 Å². The Morgan fingerprint density at radius 1 is 0.842 bits per heavy atom. The van der Waals surface area contributed by atoms with E-state index in [-0.39, 0.29) is 42.8 Å². The molecule has 9 heteroatoms. The molecule has 0 unspecified atom stereocenters. The lowest BCUT2D eigenvalue weighted by atomic mass is 9.99. The molecule has 3 amide bonds. The number of rotatable bonds is 14. The summed E-state index contributed by atoms with van der Waals surface area (Å²) in [5.41, 5.74) is 1.58. The molecule has 0 fully saturated rings. The fourth-order valence-corrected chi connectivity index (χ4v) is 3.91. The summed E-state index contributed by atoms with van der Waals surface area (Å²) in [5.74, 6) is -0.678. The lowest BCUT2D eigenvalue weighted by Crippen LogP contribution is -2.57. The van der Waals surface area contributed by atoms with E-state index in [4.69, 9.17) is 4.74 Å². The number of hydrogen-bond donors (Lipinski definition) is 4. The molecule has 9 nitrogen and oxygen atoms in total. The molecule has 0 radical (unpaired) electrons. The van der Waals surface area contributed by atoms with Gasteiger partial charge in [-0.3, -0.25) is 14.4 Å². The molecule has 0 heterocycles. The van der Waals surface area contributed by atoms with Crippen molar-refractivity contribution in [3.8, 4) is 11.5 Å². The minimum atomic E-state index is -0.930. The molecule has 4 N–H and O–H groups in total. The number of ether oxygens (including phenoxy) is 1. The number of hydrogen-bond acceptors (Lipinski definition) is 6. The van der Waals surface area contributed by atoms with Crippen molar-refractivity contribution in [3.63, 3.8) is 0 Å². The molecular formula is C29H39N3O6. The third kappa shape index (κ3) is 9.88. The monoisotopic (exact) mass is 525 g/mol. The van der Waals surface area contributed by atoms with Crippen molar-refractivity contribution in [1.82, 2.24) is 16.0 Å². The molecule has 2 aromatic carbocycles. The predicted molar refractivity (Wildman–Crippen MR) is 145 cm³/mol. The summed E-state index contributed by atoms with van der Waals surface area (Å²) in [7, 11) is 1.56. The van der Waals surface area contributed by atoms with Gasteiger partial charge in [0.1, 0.15) is 29.9 Å². The van der Waals surface area contributed by atoms with Gasteiger partial charge in [0, 0.05) is 12.8 Å². The quantitative estimate of drug-likeness (QED) is 0.280. The van der Waals surface area contributed by atoms with Gasteiger partial charge in [0.2, 0.25) is 17.7 Å². The molecular weight excluding hydrogens is 486 g/mol. The van der Waals surface area contributed by atoms with E-state index in [1.54, 1.807) is 45.2 Å². The summed E-state index contributed by atoms with van der Waals surface area (Å²) in [4.78, 5) is 50.7. The van der Waals surface area contributed by atoms with Crippen molar-refractivity contribution in [2.45, 2.75) is 65.1 Å². The van der Waals surface area contributed by atoms with Gasteiger partial charge in [-0.1, -0.05) is 52.0 Å². The zero-order valence-electron chi connectivity index (χ0n) is 22.7. The standard InChI is InChI=1S/C29H39N3O6/c1-18(2)14-26(35)31-25(16-21-6-10-23(34)11-7-21)28(36)32-27(19(3)4)29(37)30-22(17-33)15-20-8-12-24(38-5)13-9-20/h6-13,17-19,22,25,27,34H,14-16H2,1-5H3,(H,30,37)(H,31,35)(H,32,36)/t22-,25-,27-/m0/s1. The minimum absolute atomic E-state index is 0.0921. The van der Waals surface area contributed by atoms with Gasteiger partial charge < -0.3 is 30.6 Å². The number of benzene rings is 2. The van der Waals surface area contributed by atoms with Gasteiger partial charge in [0.25, 0.3) is 0 Å². The Labute approximate surface area is 224 Å². The van der Waals surface area contributed by atoms with Crippen LogP contribution in [-0.4, -0.2) is 54.3 Å². The number of phenols is 1. The van der Waals surface area contributed by atoms with Crippen molar-refractivity contribution in [1.29, 1.82) is 0 Å². The van der Waals surface area contributed by atoms with Crippen LogP contribution in [0.3, 0.4) is 0 Å². The topological polar surface area (TPSA) is 134 Å². The fraction of sp³-hybridized carbons (Fsp3) is 0.448. The zero-order valence-corrected chi connectivity index (χ0v) is 22.7. The Morgan fingerprint density at radius 2 is 1.42 bits per heavy atom. The molecule has 206 valence electrons. The second-order valence-electron chi connectivity index (χ2n) is 10.1. The van der Waals surface area contributed by atoms with E-state index in [0.29, 0.717) is 12.0 Å². The number of aldehydes is 1. The van der Waals surface area contributed by atoms with Crippen molar-refractivity contribution in [3.05, 3.63) is 59.7 Å². The molecule has 0 saturated heterocycles. The summed E-state index contributed by atoms with van der Waals surface area (Å²) in [6, 6.07) is 10.9. The normalized spacial score (nSPS) is 13.3. The predicted octanol–water partition coefficient (Wildman–Crippen LogP) is 2.54. The molecule has 0 bridgehead atoms. The van der Waals surface area contributed by atoms with Crippen LogP contribution >= 0.6 is 0 Å². The van der Waals surface area contributed by atoms with Crippen LogP contribution in [0.4, 0.5) is 0 Å². The Morgan fingerprint density at radius 3 is 1.95 bits per heavy atom. The maximum absolute atomic E-state index is 13.3. The van der Waals surface area contributed by atoms with Crippen LogP contribution in [0.15, 0.2) is 48.5 Å². The van der Waals surface area contributed by atoms with Gasteiger partial charge in [0.15, 0.2) is 0 Å². The Balaban J connectivity index is 2.13. The first-order valence-electron chi connectivity index (χ1n) is 12.8. The van der Waals surface area contributed by atoms with E-state index in [9.17, 15) is 24.3 Å². The van der Waals surface area contributed by atoms with E-state index in [2.05, 4.69) is 16.0 Å². The van der Waals surface area contributed by atoms with Gasteiger partial charge in [-0.05, 0) is 53.6 Å². The lowest BCUT2D eigenvalue weighted by molar-refractivity contribution is -0.133. The second kappa shape index (κ2) is 14.8. The molecule has 0 aliphatic heterocycles. The van der Waals surface area contributed by atoms with E-state index in [1.165, 1.54) is 12.1 Å². The van der Waals surface area contributed by atoms with Crippen molar-refractivity contribution in [2.24, 2.45) is 11.8 Å². The lowest BCUT2D eigenvalue weighted by Gasteiger charge is -2.26. The van der Waals surface area contributed by atoms with Gasteiger partial charge in [-0.15, -0.1) is 0 Å². The first-order chi connectivity index (χ1) is 18.0. The highest BCUT2D eigenvalue weighted by molar-refractivity contribution is 5.93. The Bertz CT molecular complexity index is 1070. The smallest absolute Gasteiger partial charge is 0.243 e. The number of phenolic OH excluding ortho intramolecular Hbond substituents is 1. The highest BCUT2D eigenvalue weighted by atomic mass is 16.5. The number of methoxy groups -OCH3 is 1. The van der Waals surface area contributed by atoms with Crippen LogP contribution in [0, 0.1) is 11.8 Å². The van der Waals surface area contributed by atoms with Crippen LogP contribution in [0.1, 0.15) is 45.2 Å². The molecule has 3 atom stereocenters. The van der Waals surface area contributed by atoms with Gasteiger partial charge in [0.05, 0.1) is 13.2 Å². The molecule has 0 aliphatic rings. The maximum Gasteiger partial charge on any atom is 0.243 e. The summed E-state index contributed by atoms with van der Waals surface area (Å²) < 4.78 is 5.15. The van der Waals surface area contributed by atoms with E-state index < -0.39 is 29.9 Å². The third-order valence-electron chi connectivity index (χ3n) is 5.98. The first-order valence-corrected chi connectivity index (χ1v) is 12.8. The highest BCUT2D eigenvalue weighted by Gasteiger charge is 2.30. The average Bonchev–Trinajstić information content (AvgIpc) is 2.87. The minimum Gasteiger partial charge on any atom is -0.508 e. The summed E-state index contributed by atoms with van der Waals surface area (Å²) in [6.07, 6.45) is 1.38. The molecule has 0 aromatic heterocycles. The number of amides is 3. The molecule has 38 heavy (non-hydrogen) atoms. The first kappa shape index (κ1) is 30.3. The third-order valence-corrected chi connectivity index (χ3v) is 5.98. The SMILES string of the molecule is COc1ccc(C[C@@H](C=O)NC(=O)[C@@H](NC(=O)[C@H](Cc2ccc(O)cc2)NC(=O)CC(C)C)C(C)C)cc1. The molecule has 0 saturated carbocycles. The maximum atomic E-state index is 13.3. The number of carbonyl (C=O) groups is 4. The van der Waals surface area contributed by atoms with Crippen molar-refractivity contribution in [2.75, 3.05) is 7.11 Å². The largest absolute Gasteiger partial charge is 0.508 e. The van der Waals surface area contributed by atoms with Gasteiger partial charge >= 0.3 is 0 Å². The highest BCUT2D eigenvalue weighted by Crippen LogP contribution is 2.14. The van der Waals surface area contributed by atoms with E-state index >= 15 is 0 Å². The average molecular weight is 526 g/mol. The fourth-order valence-electron chi connectivity index (χ4n) is 3.91. The Kier molecular flexibility index (Phi) is 11.8. The summed E-state index contributed by atoms with van der Waals surface area (Å²) in [5, 5.41) is 17.8. The number of nitrogens with one attached hydrogen (secondary N) is 3. The Hall–Kier alpha value is -3.88. The molecule has 0 aliphatic carbocycles. The van der Waals surface area contributed by atoms with Gasteiger partial charge in [-0.25, -0.2) is 0 Å². The molecule has 2 rings (SSSR count). The van der Waals surface area contributed by atoms with Crippen LogP contribution in [0.5, 0.6) is 11.5 Å². The van der Waals surface area contributed by atoms with Crippen LogP contribution in [-0.2, 0) is 32.0 Å². The van der Waals surface area contributed by atoms with Crippen molar-refractivity contribution >= 4 is 24.0 Å². The number of aromatic hydroxyl groups is 1. The van der Waals surface area contributed by atoms with Gasteiger partial charge in [-0.2, -0.15) is 0 Å². The summed E-state index contributed by atoms with van der Waals surface area (Å²) in [6.45, 7) is 7.39. The van der Waals surface area contributed by atoms with E-state index in [1.807, 2.05) is 26.0 Å².